The van der Waals surface area contributed by atoms with Crippen molar-refractivity contribution >= 4 is 29.0 Å². The number of anilines is 1. The third-order valence-corrected chi connectivity index (χ3v) is 7.66. The Balaban J connectivity index is 1.47. The molecule has 1 amide bonds. The monoisotopic (exact) mass is 544 g/mol. The van der Waals surface area contributed by atoms with E-state index >= 15 is 0 Å². The second-order valence-corrected chi connectivity index (χ2v) is 11.0. The van der Waals surface area contributed by atoms with Crippen molar-refractivity contribution in [2.75, 3.05) is 4.90 Å². The van der Waals surface area contributed by atoms with Crippen molar-refractivity contribution in [2.45, 2.75) is 38.6 Å². The van der Waals surface area contributed by atoms with Crippen LogP contribution in [-0.2, 0) is 26.3 Å². The smallest absolute Gasteiger partial charge is 0.248 e. The van der Waals surface area contributed by atoms with Crippen LogP contribution in [0.15, 0.2) is 71.4 Å². The number of rotatable bonds is 3. The molecule has 9 nitrogen and oxygen atoms in total. The number of allylic oxidation sites excluding steroid dienone is 1. The Morgan fingerprint density at radius 1 is 1.21 bits per heavy atom. The quantitative estimate of drug-likeness (QED) is 0.523. The second-order valence-electron chi connectivity index (χ2n) is 10.6. The molecule has 1 aromatic heterocycles. The Bertz CT molecular complexity index is 1700. The SMILES string of the molecule is CC1(C)CC(=O)C2=C(C1)OC(N)=C(C#N)C21C(=O)N(Cc2cn(-c3ccc(F)c(Cl)c3)nn2)c2ccccc21. The van der Waals surface area contributed by atoms with Crippen LogP contribution < -0.4 is 10.6 Å². The van der Waals surface area contributed by atoms with Gasteiger partial charge in [-0.15, -0.1) is 5.10 Å². The maximum absolute atomic E-state index is 14.5. The first kappa shape index (κ1) is 24.8. The number of Topliss-reactive ketones (excluding diaryl/α,β-unsaturated/α-hetero) is 1. The molecule has 196 valence electrons. The zero-order chi connectivity index (χ0) is 27.7. The van der Waals surface area contributed by atoms with E-state index in [4.69, 9.17) is 22.1 Å². The van der Waals surface area contributed by atoms with Crippen molar-refractivity contribution in [3.63, 3.8) is 0 Å². The summed E-state index contributed by atoms with van der Waals surface area (Å²) in [7, 11) is 0. The van der Waals surface area contributed by atoms with Crippen LogP contribution in [0.5, 0.6) is 0 Å². The molecule has 0 saturated carbocycles. The fourth-order valence-corrected chi connectivity index (χ4v) is 5.96. The number of hydrogen-bond donors (Lipinski definition) is 1. The molecule has 2 aliphatic heterocycles. The number of nitrogens with zero attached hydrogens (tertiary/aromatic N) is 5. The van der Waals surface area contributed by atoms with Gasteiger partial charge in [-0.1, -0.05) is 48.9 Å². The highest BCUT2D eigenvalue weighted by Gasteiger charge is 2.63. The lowest BCUT2D eigenvalue weighted by atomic mass is 9.62. The Hall–Kier alpha value is -4.49. The Morgan fingerprint density at radius 3 is 2.72 bits per heavy atom. The lowest BCUT2D eigenvalue weighted by Gasteiger charge is -2.41. The highest BCUT2D eigenvalue weighted by atomic mass is 35.5. The molecule has 1 atom stereocenters. The zero-order valence-electron chi connectivity index (χ0n) is 21.0. The third-order valence-electron chi connectivity index (χ3n) is 7.37. The van der Waals surface area contributed by atoms with E-state index < -0.39 is 22.6 Å². The molecule has 3 heterocycles. The number of ketones is 1. The van der Waals surface area contributed by atoms with E-state index in [1.807, 2.05) is 13.8 Å². The maximum atomic E-state index is 14.5. The summed E-state index contributed by atoms with van der Waals surface area (Å²) in [6, 6.07) is 13.2. The molecule has 0 bridgehead atoms. The van der Waals surface area contributed by atoms with Crippen LogP contribution in [0.25, 0.3) is 5.69 Å². The molecule has 6 rings (SSSR count). The molecule has 1 unspecified atom stereocenters. The minimum atomic E-state index is -1.73. The number of benzene rings is 2. The molecule has 39 heavy (non-hydrogen) atoms. The molecule has 2 aromatic carbocycles. The zero-order valence-corrected chi connectivity index (χ0v) is 21.8. The highest BCUT2D eigenvalue weighted by Crippen LogP contribution is 2.57. The summed E-state index contributed by atoms with van der Waals surface area (Å²) in [6.07, 6.45) is 2.18. The van der Waals surface area contributed by atoms with Crippen molar-refractivity contribution in [1.29, 1.82) is 5.26 Å². The summed E-state index contributed by atoms with van der Waals surface area (Å²) in [5, 5.41) is 18.5. The minimum absolute atomic E-state index is 0.00566. The average molecular weight is 545 g/mol. The molecule has 3 aliphatic rings. The van der Waals surface area contributed by atoms with Crippen molar-refractivity contribution in [3.8, 4) is 11.8 Å². The Kier molecular flexibility index (Phi) is 5.42. The fraction of sp³-hybridized carbons (Fsp3) is 0.250. The van der Waals surface area contributed by atoms with Gasteiger partial charge in [0.15, 0.2) is 5.78 Å². The number of amides is 1. The molecule has 3 aromatic rings. The number of carbonyl (C=O) groups is 2. The van der Waals surface area contributed by atoms with Gasteiger partial charge in [0.25, 0.3) is 0 Å². The van der Waals surface area contributed by atoms with E-state index in [9.17, 15) is 19.2 Å². The lowest BCUT2D eigenvalue weighted by Crippen LogP contribution is -2.50. The van der Waals surface area contributed by atoms with Gasteiger partial charge >= 0.3 is 0 Å². The van der Waals surface area contributed by atoms with E-state index in [2.05, 4.69) is 16.4 Å². The molecule has 2 N–H and O–H groups in total. The Morgan fingerprint density at radius 2 is 1.97 bits per heavy atom. The number of fused-ring (bicyclic) bond motifs is 3. The van der Waals surface area contributed by atoms with Crippen LogP contribution in [0, 0.1) is 22.6 Å². The average Bonchev–Trinajstić information content (AvgIpc) is 3.43. The van der Waals surface area contributed by atoms with Gasteiger partial charge in [-0.2, -0.15) is 5.26 Å². The number of para-hydroxylation sites is 1. The van der Waals surface area contributed by atoms with Gasteiger partial charge in [-0.25, -0.2) is 9.07 Å². The van der Waals surface area contributed by atoms with Crippen molar-refractivity contribution < 1.29 is 18.7 Å². The molecule has 0 radical (unpaired) electrons. The second kappa shape index (κ2) is 8.51. The number of carbonyl (C=O) groups excluding carboxylic acids is 2. The van der Waals surface area contributed by atoms with Crippen LogP contribution in [0.1, 0.15) is 37.9 Å². The molecule has 1 spiro atoms. The number of nitrogens with two attached hydrogens (primary N) is 1. The highest BCUT2D eigenvalue weighted by molar-refractivity contribution is 6.30. The molecular weight excluding hydrogens is 523 g/mol. The first-order valence-corrected chi connectivity index (χ1v) is 12.6. The number of halogens is 2. The van der Waals surface area contributed by atoms with Gasteiger partial charge in [0.05, 0.1) is 29.0 Å². The summed E-state index contributed by atoms with van der Waals surface area (Å²) >= 11 is 5.92. The van der Waals surface area contributed by atoms with E-state index in [0.29, 0.717) is 34.8 Å². The van der Waals surface area contributed by atoms with Crippen LogP contribution in [0.2, 0.25) is 5.02 Å². The third kappa shape index (κ3) is 3.57. The molecular formula is C28H22ClFN6O3. The summed E-state index contributed by atoms with van der Waals surface area (Å²) in [6.45, 7) is 3.88. The fourth-order valence-electron chi connectivity index (χ4n) is 5.78. The van der Waals surface area contributed by atoms with E-state index in [1.54, 1.807) is 30.5 Å². The molecule has 0 saturated heterocycles. The van der Waals surface area contributed by atoms with Gasteiger partial charge in [-0.05, 0) is 29.7 Å². The van der Waals surface area contributed by atoms with E-state index in [-0.39, 0.29) is 40.8 Å². The summed E-state index contributed by atoms with van der Waals surface area (Å²) < 4.78 is 20.9. The van der Waals surface area contributed by atoms with Crippen molar-refractivity contribution in [1.82, 2.24) is 15.0 Å². The van der Waals surface area contributed by atoms with Crippen LogP contribution >= 0.6 is 11.6 Å². The first-order valence-electron chi connectivity index (χ1n) is 12.2. The largest absolute Gasteiger partial charge is 0.444 e. The van der Waals surface area contributed by atoms with Gasteiger partial charge in [0.1, 0.15) is 34.3 Å². The predicted octanol–water partition coefficient (Wildman–Crippen LogP) is 4.21. The van der Waals surface area contributed by atoms with Gasteiger partial charge < -0.3 is 15.4 Å². The topological polar surface area (TPSA) is 127 Å². The molecule has 11 heteroatoms. The maximum Gasteiger partial charge on any atom is 0.248 e. The standard InChI is InChI=1S/C28H22ClFN6O3/c1-27(2)10-22(37)24-23(11-27)39-25(32)18(12-31)28(24)17-5-3-4-6-21(17)35(26(28)38)13-15-14-36(34-33-15)16-7-8-20(30)19(29)9-16/h3-9,14H,10-11,13,32H2,1-2H3. The van der Waals surface area contributed by atoms with Crippen LogP contribution in [0.4, 0.5) is 10.1 Å². The Labute approximate surface area is 227 Å². The van der Waals surface area contributed by atoms with Gasteiger partial charge in [0.2, 0.25) is 11.8 Å². The van der Waals surface area contributed by atoms with Crippen molar-refractivity contribution in [3.05, 3.63) is 93.5 Å². The summed E-state index contributed by atoms with van der Waals surface area (Å²) in [5.74, 6) is -1.18. The number of hydrogen-bond acceptors (Lipinski definition) is 7. The number of nitriles is 1. The normalized spacial score (nSPS) is 21.7. The van der Waals surface area contributed by atoms with Crippen LogP contribution in [0.3, 0.4) is 0 Å². The van der Waals surface area contributed by atoms with Gasteiger partial charge in [0, 0.05) is 24.1 Å². The molecule has 0 fully saturated rings. The predicted molar refractivity (Wildman–Crippen MR) is 139 cm³/mol. The van der Waals surface area contributed by atoms with Crippen LogP contribution in [-0.4, -0.2) is 26.7 Å². The van der Waals surface area contributed by atoms with Crippen molar-refractivity contribution in [2.24, 2.45) is 11.1 Å². The first-order chi connectivity index (χ1) is 18.6. The number of ether oxygens (including phenoxy) is 1. The van der Waals surface area contributed by atoms with E-state index in [0.717, 1.165) is 0 Å². The molecule has 1 aliphatic carbocycles. The summed E-state index contributed by atoms with van der Waals surface area (Å²) in [5.41, 5.74) is 6.09. The minimum Gasteiger partial charge on any atom is -0.444 e. The lowest BCUT2D eigenvalue weighted by molar-refractivity contribution is -0.125. The summed E-state index contributed by atoms with van der Waals surface area (Å²) in [4.78, 5) is 29.7. The number of aromatic nitrogens is 3. The van der Waals surface area contributed by atoms with E-state index in [1.165, 1.54) is 27.8 Å². The van der Waals surface area contributed by atoms with Gasteiger partial charge in [-0.3, -0.25) is 9.59 Å².